The van der Waals surface area contributed by atoms with E-state index in [4.69, 9.17) is 11.6 Å². The second-order valence-corrected chi connectivity index (χ2v) is 4.32. The molecule has 4 nitrogen and oxygen atoms in total. The summed E-state index contributed by atoms with van der Waals surface area (Å²) in [7, 11) is 0. The van der Waals surface area contributed by atoms with Crippen molar-refractivity contribution in [3.8, 4) is 5.75 Å². The normalized spacial score (nSPS) is 10.2. The van der Waals surface area contributed by atoms with Gasteiger partial charge >= 0.3 is 0 Å². The molecule has 2 aromatic rings. The lowest BCUT2D eigenvalue weighted by Gasteiger charge is -2.04. The third-order valence-electron chi connectivity index (χ3n) is 2.37. The van der Waals surface area contributed by atoms with Gasteiger partial charge in [0.05, 0.1) is 5.02 Å². The van der Waals surface area contributed by atoms with E-state index in [1.807, 2.05) is 0 Å². The maximum Gasteiger partial charge on any atom is 0.290 e. The van der Waals surface area contributed by atoms with Crippen LogP contribution in [0, 0.1) is 5.82 Å². The summed E-state index contributed by atoms with van der Waals surface area (Å²) in [5, 5.41) is 11.8. The van der Waals surface area contributed by atoms with Crippen LogP contribution in [-0.2, 0) is 11.3 Å². The van der Waals surface area contributed by atoms with Crippen LogP contribution < -0.4 is 9.88 Å². The molecule has 0 spiro atoms. The predicted octanol–water partition coefficient (Wildman–Crippen LogP) is 2.11. The van der Waals surface area contributed by atoms with Crippen molar-refractivity contribution in [3.63, 3.8) is 0 Å². The molecule has 1 aromatic carbocycles. The molecule has 2 rings (SSSR count). The molecule has 0 aliphatic heterocycles. The van der Waals surface area contributed by atoms with Gasteiger partial charge in [-0.25, -0.2) is 4.39 Å². The highest BCUT2D eigenvalue weighted by Crippen LogP contribution is 2.19. The van der Waals surface area contributed by atoms with Gasteiger partial charge in [0.15, 0.2) is 11.9 Å². The van der Waals surface area contributed by atoms with Gasteiger partial charge in [-0.05, 0) is 24.3 Å². The molecule has 0 radical (unpaired) electrons. The van der Waals surface area contributed by atoms with E-state index in [0.717, 1.165) is 0 Å². The average Bonchev–Trinajstić information content (AvgIpc) is 2.34. The van der Waals surface area contributed by atoms with Crippen molar-refractivity contribution in [1.29, 1.82) is 0 Å². The number of anilines is 1. The van der Waals surface area contributed by atoms with Gasteiger partial charge < -0.3 is 10.4 Å². The molecule has 0 saturated carbocycles. The summed E-state index contributed by atoms with van der Waals surface area (Å²) in [6.45, 7) is 0.0311. The van der Waals surface area contributed by atoms with Gasteiger partial charge in [0.25, 0.3) is 5.91 Å². The van der Waals surface area contributed by atoms with Crippen molar-refractivity contribution in [2.45, 2.75) is 6.54 Å². The van der Waals surface area contributed by atoms with Crippen LogP contribution in [0.5, 0.6) is 5.75 Å². The Hall–Kier alpha value is -2.14. The van der Waals surface area contributed by atoms with Crippen molar-refractivity contribution in [1.82, 2.24) is 0 Å². The van der Waals surface area contributed by atoms with Gasteiger partial charge in [0, 0.05) is 11.8 Å². The van der Waals surface area contributed by atoms with Gasteiger partial charge in [0.2, 0.25) is 12.7 Å². The molecule has 1 aromatic heterocycles. The van der Waals surface area contributed by atoms with Gasteiger partial charge in [-0.1, -0.05) is 11.6 Å². The number of aromatic hydroxyl groups is 1. The van der Waals surface area contributed by atoms with E-state index in [9.17, 15) is 14.3 Å². The Kier molecular flexibility index (Phi) is 3.97. The number of rotatable bonds is 3. The SMILES string of the molecule is O=C(C[n+]1cccc(O)c1)Nc1ccc(F)c(Cl)c1. The fraction of sp³-hybridized carbons (Fsp3) is 0.0769. The highest BCUT2D eigenvalue weighted by Gasteiger charge is 2.11. The molecule has 0 bridgehead atoms. The number of hydrogen-bond acceptors (Lipinski definition) is 2. The van der Waals surface area contributed by atoms with Gasteiger partial charge in [-0.15, -0.1) is 0 Å². The zero-order valence-corrected chi connectivity index (χ0v) is 10.6. The van der Waals surface area contributed by atoms with Crippen molar-refractivity contribution in [2.75, 3.05) is 5.32 Å². The third kappa shape index (κ3) is 3.66. The molecular weight excluding hydrogens is 271 g/mol. The average molecular weight is 282 g/mol. The van der Waals surface area contributed by atoms with Gasteiger partial charge in [0.1, 0.15) is 5.82 Å². The number of hydrogen-bond donors (Lipinski definition) is 2. The van der Waals surface area contributed by atoms with Crippen LogP contribution in [-0.4, -0.2) is 11.0 Å². The highest BCUT2D eigenvalue weighted by molar-refractivity contribution is 6.31. The summed E-state index contributed by atoms with van der Waals surface area (Å²) in [5.41, 5.74) is 0.414. The lowest BCUT2D eigenvalue weighted by atomic mass is 10.3. The van der Waals surface area contributed by atoms with Crippen LogP contribution in [0.1, 0.15) is 0 Å². The Labute approximate surface area is 114 Å². The Morgan fingerprint density at radius 2 is 2.21 bits per heavy atom. The second kappa shape index (κ2) is 5.67. The standard InChI is InChI=1S/C13H10ClFN2O2/c14-11-6-9(3-4-12(11)15)16-13(19)8-17-5-1-2-10(18)7-17/h1-7H,8H2,(H-,16,18,19)/p+1. The second-order valence-electron chi connectivity index (χ2n) is 3.91. The van der Waals surface area contributed by atoms with Crippen molar-refractivity contribution >= 4 is 23.2 Å². The van der Waals surface area contributed by atoms with E-state index >= 15 is 0 Å². The fourth-order valence-electron chi connectivity index (χ4n) is 1.55. The maximum absolute atomic E-state index is 13.0. The van der Waals surface area contributed by atoms with Crippen molar-refractivity contribution in [3.05, 3.63) is 53.6 Å². The molecule has 98 valence electrons. The van der Waals surface area contributed by atoms with Crippen LogP contribution in [0.25, 0.3) is 0 Å². The first-order valence-corrected chi connectivity index (χ1v) is 5.85. The molecule has 19 heavy (non-hydrogen) atoms. The van der Waals surface area contributed by atoms with Crippen LogP contribution in [0.3, 0.4) is 0 Å². The molecule has 2 N–H and O–H groups in total. The van der Waals surface area contributed by atoms with E-state index < -0.39 is 5.82 Å². The van der Waals surface area contributed by atoms with E-state index in [2.05, 4.69) is 5.32 Å². The first-order valence-electron chi connectivity index (χ1n) is 5.47. The number of carbonyl (C=O) groups excluding carboxylic acids is 1. The summed E-state index contributed by atoms with van der Waals surface area (Å²) in [4.78, 5) is 11.7. The molecule has 1 heterocycles. The molecular formula is C13H11ClFN2O2+. The quantitative estimate of drug-likeness (QED) is 0.847. The Morgan fingerprint density at radius 1 is 1.42 bits per heavy atom. The summed E-state index contributed by atoms with van der Waals surface area (Å²) in [5.74, 6) is -0.777. The van der Waals surface area contributed by atoms with E-state index in [1.165, 1.54) is 35.0 Å². The lowest BCUT2D eigenvalue weighted by molar-refractivity contribution is -0.684. The van der Waals surface area contributed by atoms with E-state index in [0.29, 0.717) is 5.69 Å². The first-order chi connectivity index (χ1) is 9.04. The minimum Gasteiger partial charge on any atom is -0.503 e. The minimum atomic E-state index is -0.540. The van der Waals surface area contributed by atoms with E-state index in [-0.39, 0.29) is 23.2 Å². The summed E-state index contributed by atoms with van der Waals surface area (Å²) in [6.07, 6.45) is 3.08. The minimum absolute atomic E-state index is 0.0311. The van der Waals surface area contributed by atoms with Crippen LogP contribution in [0.4, 0.5) is 10.1 Å². The van der Waals surface area contributed by atoms with Crippen molar-refractivity contribution in [2.24, 2.45) is 0 Å². The van der Waals surface area contributed by atoms with E-state index in [1.54, 1.807) is 12.3 Å². The molecule has 6 heteroatoms. The largest absolute Gasteiger partial charge is 0.503 e. The number of nitrogens with one attached hydrogen (secondary N) is 1. The number of nitrogens with zero attached hydrogens (tertiary/aromatic N) is 1. The zero-order chi connectivity index (χ0) is 13.8. The highest BCUT2D eigenvalue weighted by atomic mass is 35.5. The molecule has 1 amide bonds. The van der Waals surface area contributed by atoms with Gasteiger partial charge in [-0.2, -0.15) is 4.57 Å². The summed E-state index contributed by atoms with van der Waals surface area (Å²) < 4.78 is 14.5. The summed E-state index contributed by atoms with van der Waals surface area (Å²) >= 11 is 5.61. The fourth-order valence-corrected chi connectivity index (χ4v) is 1.73. The number of aromatic nitrogens is 1. The van der Waals surface area contributed by atoms with Crippen LogP contribution >= 0.6 is 11.6 Å². The zero-order valence-electron chi connectivity index (χ0n) is 9.81. The molecule has 0 unspecified atom stereocenters. The maximum atomic E-state index is 13.0. The molecule has 0 atom stereocenters. The first kappa shape index (κ1) is 13.3. The number of pyridine rings is 1. The summed E-state index contributed by atoms with van der Waals surface area (Å²) in [6, 6.07) is 7.07. The Bertz CT molecular complexity index is 619. The smallest absolute Gasteiger partial charge is 0.290 e. The molecule has 0 fully saturated rings. The van der Waals surface area contributed by atoms with Crippen molar-refractivity contribution < 1.29 is 18.9 Å². The Morgan fingerprint density at radius 3 is 2.89 bits per heavy atom. The van der Waals surface area contributed by atoms with Gasteiger partial charge in [-0.3, -0.25) is 4.79 Å². The third-order valence-corrected chi connectivity index (χ3v) is 2.66. The number of amides is 1. The van der Waals surface area contributed by atoms with Crippen LogP contribution in [0.15, 0.2) is 42.7 Å². The number of benzene rings is 1. The molecule has 0 aliphatic rings. The number of carbonyl (C=O) groups is 1. The number of halogens is 2. The topological polar surface area (TPSA) is 53.2 Å². The molecule has 0 aliphatic carbocycles. The monoisotopic (exact) mass is 281 g/mol. The molecule has 0 saturated heterocycles. The Balaban J connectivity index is 2.03. The van der Waals surface area contributed by atoms with Crippen LogP contribution in [0.2, 0.25) is 5.02 Å². The lowest BCUT2D eigenvalue weighted by Crippen LogP contribution is -2.39. The predicted molar refractivity (Wildman–Crippen MR) is 68.3 cm³/mol.